The van der Waals surface area contributed by atoms with Crippen LogP contribution in [0, 0.1) is 25.2 Å². The average molecular weight is 639 g/mol. The van der Waals surface area contributed by atoms with Crippen LogP contribution >= 0.6 is 11.8 Å². The number of benzene rings is 2. The van der Waals surface area contributed by atoms with E-state index in [1.165, 1.54) is 14.0 Å². The molecule has 4 aliphatic rings. The number of thioether (sulfide) groups is 1. The Balaban J connectivity index is 1.71. The van der Waals surface area contributed by atoms with Crippen LogP contribution in [0.1, 0.15) is 64.6 Å². The second-order valence-corrected chi connectivity index (χ2v) is 13.3. The summed E-state index contributed by atoms with van der Waals surface area (Å²) in [6.07, 6.45) is 0.512. The second kappa shape index (κ2) is 11.9. The SMILES string of the molecule is COc1c(C)cc2c(c1O)[C@H]1C3[C@H](SC[C@@H](C)N)c4c(OC(C)=O)c(C)c5c(c4[C@H](COC=O)N3[C@@H](C#N)[C@H](C2)N1C)OCO5. The highest BCUT2D eigenvalue weighted by Gasteiger charge is 2.60. The first-order valence-electron chi connectivity index (χ1n) is 14.9. The summed E-state index contributed by atoms with van der Waals surface area (Å²) in [6.45, 7) is 7.23. The van der Waals surface area contributed by atoms with E-state index in [4.69, 9.17) is 29.4 Å². The van der Waals surface area contributed by atoms with Crippen LogP contribution in [0.15, 0.2) is 6.07 Å². The van der Waals surface area contributed by atoms with Crippen molar-refractivity contribution in [3.8, 4) is 34.8 Å². The van der Waals surface area contributed by atoms with E-state index in [2.05, 4.69) is 15.9 Å². The van der Waals surface area contributed by atoms with Crippen LogP contribution in [0.5, 0.6) is 28.7 Å². The molecule has 12 nitrogen and oxygen atoms in total. The number of nitrogens with zero attached hydrogens (tertiary/aromatic N) is 3. The van der Waals surface area contributed by atoms with Gasteiger partial charge in [-0.05, 0) is 45.4 Å². The highest BCUT2D eigenvalue weighted by atomic mass is 32.2. The average Bonchev–Trinajstić information content (AvgIpc) is 3.48. The van der Waals surface area contributed by atoms with Gasteiger partial charge < -0.3 is 34.5 Å². The first-order valence-corrected chi connectivity index (χ1v) is 16.0. The summed E-state index contributed by atoms with van der Waals surface area (Å²) in [5, 5.41) is 22.2. The Kier molecular flexibility index (Phi) is 8.28. The minimum Gasteiger partial charge on any atom is -0.504 e. The van der Waals surface area contributed by atoms with Crippen molar-refractivity contribution in [2.24, 2.45) is 5.73 Å². The molecule has 1 unspecified atom stereocenters. The predicted molar refractivity (Wildman–Crippen MR) is 165 cm³/mol. The van der Waals surface area contributed by atoms with Crippen molar-refractivity contribution in [1.82, 2.24) is 9.80 Å². The number of carbonyl (C=O) groups is 2. The summed E-state index contributed by atoms with van der Waals surface area (Å²) >= 11 is 1.59. The molecular weight excluding hydrogens is 600 g/mol. The largest absolute Gasteiger partial charge is 0.504 e. The van der Waals surface area contributed by atoms with Gasteiger partial charge in [-0.3, -0.25) is 19.4 Å². The van der Waals surface area contributed by atoms with Crippen molar-refractivity contribution < 1.29 is 38.4 Å². The molecule has 0 aromatic heterocycles. The molecule has 13 heteroatoms. The van der Waals surface area contributed by atoms with E-state index in [0.717, 1.165) is 16.7 Å². The molecule has 0 radical (unpaired) electrons. The molecule has 3 N–H and O–H groups in total. The first kappa shape index (κ1) is 31.3. The van der Waals surface area contributed by atoms with Crippen LogP contribution in [-0.4, -0.2) is 84.8 Å². The molecule has 2 bridgehead atoms. The van der Waals surface area contributed by atoms with E-state index in [9.17, 15) is 20.0 Å². The van der Waals surface area contributed by atoms with E-state index >= 15 is 0 Å². The molecule has 2 aromatic carbocycles. The number of ether oxygens (including phenoxy) is 5. The third-order valence-corrected chi connectivity index (χ3v) is 11.0. The number of hydrogen-bond acceptors (Lipinski definition) is 13. The highest BCUT2D eigenvalue weighted by Crippen LogP contribution is 2.63. The molecule has 240 valence electrons. The van der Waals surface area contributed by atoms with Crippen molar-refractivity contribution in [1.29, 1.82) is 5.26 Å². The van der Waals surface area contributed by atoms with Gasteiger partial charge in [0, 0.05) is 53.1 Å². The zero-order valence-electron chi connectivity index (χ0n) is 26.2. The summed E-state index contributed by atoms with van der Waals surface area (Å²) in [7, 11) is 3.51. The highest BCUT2D eigenvalue weighted by molar-refractivity contribution is 7.99. The molecule has 0 saturated carbocycles. The summed E-state index contributed by atoms with van der Waals surface area (Å²) in [5.41, 5.74) is 10.8. The number of phenols is 1. The van der Waals surface area contributed by atoms with Gasteiger partial charge >= 0.3 is 5.97 Å². The van der Waals surface area contributed by atoms with Gasteiger partial charge in [-0.1, -0.05) is 6.07 Å². The first-order chi connectivity index (χ1) is 21.5. The number of aromatic hydroxyl groups is 1. The maximum absolute atomic E-state index is 12.6. The Morgan fingerprint density at radius 1 is 1.27 bits per heavy atom. The zero-order valence-corrected chi connectivity index (χ0v) is 27.0. The Labute approximate surface area is 266 Å². The number of phenolic OH excluding ortho intramolecular Hbond substituents is 1. The minimum atomic E-state index is -0.660. The van der Waals surface area contributed by atoms with Crippen LogP contribution in [0.3, 0.4) is 0 Å². The van der Waals surface area contributed by atoms with Crippen molar-refractivity contribution >= 4 is 24.2 Å². The van der Waals surface area contributed by atoms with Crippen molar-refractivity contribution in [3.63, 3.8) is 0 Å². The maximum Gasteiger partial charge on any atom is 0.308 e. The Bertz CT molecular complexity index is 1590. The molecule has 1 saturated heterocycles. The molecule has 2 aromatic rings. The summed E-state index contributed by atoms with van der Waals surface area (Å²) < 4.78 is 29.1. The van der Waals surface area contributed by atoms with E-state index in [-0.39, 0.29) is 31.2 Å². The van der Waals surface area contributed by atoms with Gasteiger partial charge in [0.25, 0.3) is 6.47 Å². The third kappa shape index (κ3) is 4.77. The summed E-state index contributed by atoms with van der Waals surface area (Å²) in [5.74, 6) is 1.76. The molecule has 4 aliphatic heterocycles. The standard InChI is InChI=1S/C32H38N4O8S/c1-14-7-18-8-19-20(9-33)36-21(10-41-12-37)23-24(29(44-17(4)38)16(3)30-31(23)43-13-42-30)32(45-11-15(2)34)26(36)25(35(19)5)22(18)27(39)28(14)40-6/h7,12,15,19-21,25-26,32,39H,8,10-11,13,34H2,1-6H3/t15-,19+,20+,21+,25+,26?,32-/m1/s1. The fourth-order valence-electron chi connectivity index (χ4n) is 7.82. The molecule has 1 fully saturated rings. The van der Waals surface area contributed by atoms with Gasteiger partial charge in [0.2, 0.25) is 6.79 Å². The van der Waals surface area contributed by atoms with Gasteiger partial charge in [0.05, 0.1) is 30.5 Å². The monoisotopic (exact) mass is 638 g/mol. The zero-order chi connectivity index (χ0) is 32.3. The Hall–Kier alpha value is -3.70. The van der Waals surface area contributed by atoms with Gasteiger partial charge in [0.15, 0.2) is 23.0 Å². The Morgan fingerprint density at radius 2 is 2.00 bits per heavy atom. The fraction of sp³-hybridized carbons (Fsp3) is 0.531. The molecule has 7 atom stereocenters. The number of piperazine rings is 1. The lowest BCUT2D eigenvalue weighted by Gasteiger charge is -2.61. The number of aryl methyl sites for hydroxylation is 1. The maximum atomic E-state index is 12.6. The van der Waals surface area contributed by atoms with Crippen molar-refractivity contribution in [2.75, 3.05) is 33.3 Å². The topological polar surface area (TPSA) is 157 Å². The van der Waals surface area contributed by atoms with E-state index in [0.29, 0.717) is 58.3 Å². The number of hydrogen-bond donors (Lipinski definition) is 2. The van der Waals surface area contributed by atoms with Crippen LogP contribution in [0.4, 0.5) is 0 Å². The number of likely N-dealkylation sites (N-methyl/N-ethyl adjacent to an activating group) is 1. The molecule has 0 spiro atoms. The normalized spacial score (nSPS) is 27.0. The van der Waals surface area contributed by atoms with Gasteiger partial charge in [-0.15, -0.1) is 0 Å². The Morgan fingerprint density at radius 3 is 2.64 bits per heavy atom. The van der Waals surface area contributed by atoms with Crippen LogP contribution < -0.4 is 24.7 Å². The smallest absolute Gasteiger partial charge is 0.308 e. The predicted octanol–water partition coefficient (Wildman–Crippen LogP) is 3.20. The van der Waals surface area contributed by atoms with Crippen molar-refractivity contribution in [2.45, 2.75) is 75.6 Å². The lowest BCUT2D eigenvalue weighted by molar-refractivity contribution is -0.134. The second-order valence-electron chi connectivity index (χ2n) is 12.2. The molecular formula is C32H38N4O8S. The lowest BCUT2D eigenvalue weighted by atomic mass is 9.71. The van der Waals surface area contributed by atoms with Gasteiger partial charge in [-0.25, -0.2) is 0 Å². The van der Waals surface area contributed by atoms with Crippen molar-refractivity contribution in [3.05, 3.63) is 39.4 Å². The summed E-state index contributed by atoms with van der Waals surface area (Å²) in [4.78, 5) is 28.5. The molecule has 0 aliphatic carbocycles. The quantitative estimate of drug-likeness (QED) is 0.247. The number of nitrogens with two attached hydrogens (primary N) is 1. The third-order valence-electron chi connectivity index (χ3n) is 9.41. The van der Waals surface area contributed by atoms with Crippen LogP contribution in [0.2, 0.25) is 0 Å². The number of esters is 1. The number of methoxy groups -OCH3 is 1. The van der Waals surface area contributed by atoms with Gasteiger partial charge in [0.1, 0.15) is 18.4 Å². The van der Waals surface area contributed by atoms with E-state index in [1.807, 2.05) is 33.9 Å². The minimum absolute atomic E-state index is 0.0372. The van der Waals surface area contributed by atoms with Crippen LogP contribution in [-0.2, 0) is 20.7 Å². The molecule has 4 heterocycles. The fourth-order valence-corrected chi connectivity index (χ4v) is 9.22. The van der Waals surface area contributed by atoms with E-state index < -0.39 is 35.4 Å². The van der Waals surface area contributed by atoms with Gasteiger partial charge in [-0.2, -0.15) is 17.0 Å². The molecule has 6 rings (SSSR count). The molecule has 0 amide bonds. The van der Waals surface area contributed by atoms with Crippen LogP contribution in [0.25, 0.3) is 0 Å². The van der Waals surface area contributed by atoms with E-state index in [1.54, 1.807) is 11.8 Å². The number of fused-ring (bicyclic) bond motifs is 9. The number of nitriles is 1. The lowest BCUT2D eigenvalue weighted by Crippen LogP contribution is -2.69. The number of carbonyl (C=O) groups excluding carboxylic acids is 2. The summed E-state index contributed by atoms with van der Waals surface area (Å²) in [6, 6.07) is 1.99. The molecule has 45 heavy (non-hydrogen) atoms. The number of rotatable bonds is 8.